The van der Waals surface area contributed by atoms with Crippen molar-refractivity contribution in [1.82, 2.24) is 10.2 Å². The van der Waals surface area contributed by atoms with E-state index >= 15 is 0 Å². The number of halogens is 1. The van der Waals surface area contributed by atoms with Gasteiger partial charge < -0.3 is 15.0 Å². The fourth-order valence-electron chi connectivity index (χ4n) is 2.39. The first-order chi connectivity index (χ1) is 9.61. The molecule has 2 rings (SSSR count). The largest absolute Gasteiger partial charge is 0.496 e. The van der Waals surface area contributed by atoms with Crippen LogP contribution in [0.3, 0.4) is 0 Å². The van der Waals surface area contributed by atoms with Crippen molar-refractivity contribution < 1.29 is 9.53 Å². The molecule has 0 aliphatic carbocycles. The Morgan fingerprint density at radius 3 is 2.80 bits per heavy atom. The number of urea groups is 1. The third-order valence-electron chi connectivity index (χ3n) is 3.78. The summed E-state index contributed by atoms with van der Waals surface area (Å²) < 4.78 is 5.27. The van der Waals surface area contributed by atoms with Gasteiger partial charge in [0.05, 0.1) is 7.11 Å². The number of carbonyl (C=O) groups is 1. The topological polar surface area (TPSA) is 41.6 Å². The van der Waals surface area contributed by atoms with Gasteiger partial charge in [-0.15, -0.1) is 0 Å². The van der Waals surface area contributed by atoms with Gasteiger partial charge in [-0.1, -0.05) is 24.6 Å². The lowest BCUT2D eigenvalue weighted by molar-refractivity contribution is 0.173. The predicted octanol–water partition coefficient (Wildman–Crippen LogP) is 3.29. The zero-order valence-corrected chi connectivity index (χ0v) is 12.7. The lowest BCUT2D eigenvalue weighted by Gasteiger charge is -2.30. The van der Waals surface area contributed by atoms with Crippen molar-refractivity contribution in [2.75, 3.05) is 20.2 Å². The van der Waals surface area contributed by atoms with E-state index in [0.717, 1.165) is 31.5 Å². The number of likely N-dealkylation sites (tertiary alicyclic amines) is 1. The van der Waals surface area contributed by atoms with E-state index in [9.17, 15) is 4.79 Å². The molecular formula is C15H21ClN2O2. The average molecular weight is 297 g/mol. The molecule has 110 valence electrons. The molecule has 4 nitrogen and oxygen atoms in total. The highest BCUT2D eigenvalue weighted by Gasteiger charge is 2.20. The van der Waals surface area contributed by atoms with Gasteiger partial charge in [-0.3, -0.25) is 0 Å². The first kappa shape index (κ1) is 15.0. The normalized spacial score (nSPS) is 16.1. The van der Waals surface area contributed by atoms with Gasteiger partial charge in [0.25, 0.3) is 0 Å². The van der Waals surface area contributed by atoms with Crippen molar-refractivity contribution in [3.8, 4) is 5.75 Å². The molecular weight excluding hydrogens is 276 g/mol. The molecule has 1 heterocycles. The Morgan fingerprint density at radius 1 is 1.45 bits per heavy atom. The number of methoxy groups -OCH3 is 1. The SMILES string of the molecule is COc1cccc(Cl)c1CNC(=O)N1CCC(C)CC1. The maximum absolute atomic E-state index is 12.1. The highest BCUT2D eigenvalue weighted by atomic mass is 35.5. The molecule has 1 N–H and O–H groups in total. The highest BCUT2D eigenvalue weighted by Crippen LogP contribution is 2.26. The number of amides is 2. The smallest absolute Gasteiger partial charge is 0.317 e. The second-order valence-electron chi connectivity index (χ2n) is 5.25. The Hall–Kier alpha value is -1.42. The van der Waals surface area contributed by atoms with Crippen molar-refractivity contribution in [1.29, 1.82) is 0 Å². The minimum absolute atomic E-state index is 0.0288. The highest BCUT2D eigenvalue weighted by molar-refractivity contribution is 6.31. The summed E-state index contributed by atoms with van der Waals surface area (Å²) in [5.41, 5.74) is 0.815. The van der Waals surface area contributed by atoms with Gasteiger partial charge in [0.15, 0.2) is 0 Å². The standard InChI is InChI=1S/C15H21ClN2O2/c1-11-6-8-18(9-7-11)15(19)17-10-12-13(16)4-3-5-14(12)20-2/h3-5,11H,6-10H2,1-2H3,(H,17,19). The minimum atomic E-state index is -0.0288. The van der Waals surface area contributed by atoms with Gasteiger partial charge in [0, 0.05) is 30.2 Å². The molecule has 0 aromatic heterocycles. The quantitative estimate of drug-likeness (QED) is 0.930. The number of carbonyl (C=O) groups excluding carboxylic acids is 1. The maximum Gasteiger partial charge on any atom is 0.317 e. The zero-order chi connectivity index (χ0) is 14.5. The van der Waals surface area contributed by atoms with E-state index in [1.165, 1.54) is 0 Å². The fraction of sp³-hybridized carbons (Fsp3) is 0.533. The van der Waals surface area contributed by atoms with E-state index in [4.69, 9.17) is 16.3 Å². The third-order valence-corrected chi connectivity index (χ3v) is 4.14. The van der Waals surface area contributed by atoms with Crippen LogP contribution >= 0.6 is 11.6 Å². The molecule has 1 aliphatic heterocycles. The van der Waals surface area contributed by atoms with Crippen molar-refractivity contribution in [2.24, 2.45) is 5.92 Å². The Bertz CT molecular complexity index is 471. The fourth-order valence-corrected chi connectivity index (χ4v) is 2.62. The molecule has 2 amide bonds. The number of nitrogens with one attached hydrogen (secondary N) is 1. The van der Waals surface area contributed by atoms with E-state index in [1.807, 2.05) is 17.0 Å². The second kappa shape index (κ2) is 6.84. The van der Waals surface area contributed by atoms with E-state index in [0.29, 0.717) is 23.2 Å². The van der Waals surface area contributed by atoms with Crippen LogP contribution in [0.25, 0.3) is 0 Å². The van der Waals surface area contributed by atoms with Crippen LogP contribution < -0.4 is 10.1 Å². The molecule has 1 fully saturated rings. The lowest BCUT2D eigenvalue weighted by atomic mass is 10.00. The molecule has 0 atom stereocenters. The number of rotatable bonds is 3. The molecule has 0 unspecified atom stereocenters. The number of hydrogen-bond donors (Lipinski definition) is 1. The summed E-state index contributed by atoms with van der Waals surface area (Å²) in [5, 5.41) is 3.53. The van der Waals surface area contributed by atoms with Gasteiger partial charge in [0.1, 0.15) is 5.75 Å². The molecule has 0 radical (unpaired) electrons. The number of nitrogens with zero attached hydrogens (tertiary/aromatic N) is 1. The Morgan fingerprint density at radius 2 is 2.15 bits per heavy atom. The van der Waals surface area contributed by atoms with Crippen LogP contribution in [0.5, 0.6) is 5.75 Å². The molecule has 20 heavy (non-hydrogen) atoms. The van der Waals surface area contributed by atoms with Crippen molar-refractivity contribution in [3.05, 3.63) is 28.8 Å². The second-order valence-corrected chi connectivity index (χ2v) is 5.66. The molecule has 1 aromatic rings. The van der Waals surface area contributed by atoms with Crippen molar-refractivity contribution >= 4 is 17.6 Å². The zero-order valence-electron chi connectivity index (χ0n) is 12.0. The number of benzene rings is 1. The minimum Gasteiger partial charge on any atom is -0.496 e. The monoisotopic (exact) mass is 296 g/mol. The maximum atomic E-state index is 12.1. The van der Waals surface area contributed by atoms with E-state index < -0.39 is 0 Å². The summed E-state index contributed by atoms with van der Waals surface area (Å²) in [6, 6.07) is 5.45. The summed E-state index contributed by atoms with van der Waals surface area (Å²) in [5.74, 6) is 1.41. The van der Waals surface area contributed by atoms with Gasteiger partial charge in [-0.2, -0.15) is 0 Å². The van der Waals surface area contributed by atoms with Gasteiger partial charge in [-0.25, -0.2) is 4.79 Å². The number of ether oxygens (including phenoxy) is 1. The Labute approximate surface area is 125 Å². The van der Waals surface area contributed by atoms with Crippen LogP contribution in [-0.4, -0.2) is 31.1 Å². The molecule has 1 aliphatic rings. The summed E-state index contributed by atoms with van der Waals surface area (Å²) >= 11 is 6.15. The van der Waals surface area contributed by atoms with E-state index in [1.54, 1.807) is 13.2 Å². The summed E-state index contributed by atoms with van der Waals surface area (Å²) in [4.78, 5) is 14.0. The van der Waals surface area contributed by atoms with Crippen molar-refractivity contribution in [2.45, 2.75) is 26.3 Å². The van der Waals surface area contributed by atoms with Gasteiger partial charge in [-0.05, 0) is 30.9 Å². The van der Waals surface area contributed by atoms with Crippen LogP contribution in [-0.2, 0) is 6.54 Å². The van der Waals surface area contributed by atoms with Crippen LogP contribution in [0.2, 0.25) is 5.02 Å². The molecule has 1 saturated heterocycles. The van der Waals surface area contributed by atoms with Crippen molar-refractivity contribution in [3.63, 3.8) is 0 Å². The van der Waals surface area contributed by atoms with E-state index in [2.05, 4.69) is 12.2 Å². The lowest BCUT2D eigenvalue weighted by Crippen LogP contribution is -2.43. The summed E-state index contributed by atoms with van der Waals surface area (Å²) in [6.45, 7) is 4.26. The van der Waals surface area contributed by atoms with Gasteiger partial charge >= 0.3 is 6.03 Å². The van der Waals surface area contributed by atoms with Gasteiger partial charge in [0.2, 0.25) is 0 Å². The Kier molecular flexibility index (Phi) is 5.12. The Balaban J connectivity index is 1.93. The molecule has 0 bridgehead atoms. The van der Waals surface area contributed by atoms with Crippen LogP contribution in [0.1, 0.15) is 25.3 Å². The summed E-state index contributed by atoms with van der Waals surface area (Å²) in [6.07, 6.45) is 2.14. The predicted molar refractivity (Wildman–Crippen MR) is 80.2 cm³/mol. The van der Waals surface area contributed by atoms with Crippen LogP contribution in [0.15, 0.2) is 18.2 Å². The first-order valence-electron chi connectivity index (χ1n) is 6.96. The number of piperidine rings is 1. The first-order valence-corrected chi connectivity index (χ1v) is 7.33. The van der Waals surface area contributed by atoms with E-state index in [-0.39, 0.29) is 6.03 Å². The van der Waals surface area contributed by atoms with Crippen LogP contribution in [0, 0.1) is 5.92 Å². The summed E-state index contributed by atoms with van der Waals surface area (Å²) in [7, 11) is 1.60. The molecule has 0 saturated carbocycles. The molecule has 0 spiro atoms. The van der Waals surface area contributed by atoms with Crippen LogP contribution in [0.4, 0.5) is 4.79 Å². The number of hydrogen-bond acceptors (Lipinski definition) is 2. The molecule has 1 aromatic carbocycles. The third kappa shape index (κ3) is 3.57. The molecule has 5 heteroatoms. The average Bonchev–Trinajstić information content (AvgIpc) is 2.46.